The molecule has 0 radical (unpaired) electrons. The average Bonchev–Trinajstić information content (AvgIpc) is 1.68. The smallest absolute Gasteiger partial charge is 0.252 e. The Bertz CT molecular complexity index is 4010. The Hall–Kier alpha value is -6.00. The van der Waals surface area contributed by atoms with Gasteiger partial charge in [-0.25, -0.2) is 0 Å². The van der Waals surface area contributed by atoms with E-state index in [-0.39, 0.29) is 61.0 Å². The molecule has 438 valence electrons. The first-order valence-corrected chi connectivity index (χ1v) is 33.2. The molecule has 1 fully saturated rings. The van der Waals surface area contributed by atoms with Crippen LogP contribution < -0.4 is 31.1 Å². The van der Waals surface area contributed by atoms with Crippen LogP contribution in [0.3, 0.4) is 0 Å². The van der Waals surface area contributed by atoms with E-state index in [4.69, 9.17) is 0 Å². The molecule has 0 bridgehead atoms. The van der Waals surface area contributed by atoms with Crippen LogP contribution in [-0.4, -0.2) is 12.3 Å². The van der Waals surface area contributed by atoms with Crippen molar-refractivity contribution in [3.63, 3.8) is 0 Å². The van der Waals surface area contributed by atoms with Gasteiger partial charge in [0.15, 0.2) is 0 Å². The summed E-state index contributed by atoms with van der Waals surface area (Å²) in [6.07, 6.45) is 12.8. The molecule has 0 saturated heterocycles. The van der Waals surface area contributed by atoms with Crippen LogP contribution in [0.2, 0.25) is 0 Å². The van der Waals surface area contributed by atoms with Crippen molar-refractivity contribution >= 4 is 68.6 Å². The molecule has 7 aromatic carbocycles. The van der Waals surface area contributed by atoms with Crippen molar-refractivity contribution in [1.29, 1.82) is 0 Å². The number of rotatable bonds is 4. The van der Waals surface area contributed by atoms with E-state index in [0.717, 1.165) is 25.7 Å². The molecule has 3 nitrogen and oxygen atoms in total. The second-order valence-electron chi connectivity index (χ2n) is 34.6. The van der Waals surface area contributed by atoms with Crippen LogP contribution in [0.5, 0.6) is 0 Å². The van der Waals surface area contributed by atoms with Gasteiger partial charge >= 0.3 is 0 Å². The summed E-state index contributed by atoms with van der Waals surface area (Å²) in [5, 5.41) is 0. The van der Waals surface area contributed by atoms with Crippen molar-refractivity contribution < 1.29 is 0 Å². The minimum absolute atomic E-state index is 0.00589. The third-order valence-corrected chi connectivity index (χ3v) is 24.7. The Kier molecular flexibility index (Phi) is 11.4. The largest absolute Gasteiger partial charge is 0.334 e. The Morgan fingerprint density at radius 1 is 0.341 bits per heavy atom. The van der Waals surface area contributed by atoms with Gasteiger partial charge in [0.25, 0.3) is 6.71 Å². The maximum absolute atomic E-state index is 2.90. The Morgan fingerprint density at radius 3 is 1.45 bits per heavy atom. The van der Waals surface area contributed by atoms with Gasteiger partial charge in [0.2, 0.25) is 0 Å². The molecule has 0 amide bonds. The number of hydrogen-bond acceptors (Lipinski definition) is 3. The summed E-state index contributed by atoms with van der Waals surface area (Å²) >= 11 is 0. The van der Waals surface area contributed by atoms with Crippen LogP contribution in [0.1, 0.15) is 239 Å². The van der Waals surface area contributed by atoms with E-state index in [9.17, 15) is 0 Å². The van der Waals surface area contributed by atoms with Crippen molar-refractivity contribution in [1.82, 2.24) is 0 Å². The van der Waals surface area contributed by atoms with E-state index in [2.05, 4.69) is 261 Å². The molecule has 1 saturated carbocycles. The summed E-state index contributed by atoms with van der Waals surface area (Å²) in [6.45, 7) is 45.5. The van der Waals surface area contributed by atoms with Gasteiger partial charge in [-0.15, -0.1) is 0 Å². The lowest BCUT2D eigenvalue weighted by Gasteiger charge is -2.51. The highest BCUT2D eigenvalue weighted by Crippen LogP contribution is 2.63. The highest BCUT2D eigenvalue weighted by Gasteiger charge is 2.59. The Balaban J connectivity index is 1.10. The summed E-state index contributed by atoms with van der Waals surface area (Å²) in [5.41, 5.74) is 31.5. The van der Waals surface area contributed by atoms with Crippen LogP contribution in [0.25, 0.3) is 11.1 Å². The molecule has 3 heterocycles. The molecule has 2 atom stereocenters. The van der Waals surface area contributed by atoms with E-state index >= 15 is 0 Å². The van der Waals surface area contributed by atoms with E-state index in [0.29, 0.717) is 0 Å². The van der Waals surface area contributed by atoms with Gasteiger partial charge in [0, 0.05) is 50.9 Å². The fraction of sp³-hybridized carbons (Fsp3) is 0.481. The lowest BCUT2D eigenvalue weighted by molar-refractivity contribution is 0.195. The fourth-order valence-electron chi connectivity index (χ4n) is 20.2. The van der Waals surface area contributed by atoms with Gasteiger partial charge in [0.1, 0.15) is 0 Å². The molecule has 0 spiro atoms. The molecule has 2 unspecified atom stereocenters. The van der Waals surface area contributed by atoms with E-state index in [1.807, 2.05) is 0 Å². The molecular weight excluding hydrogens is 1030 g/mol. The summed E-state index contributed by atoms with van der Waals surface area (Å²) in [5.74, 6) is 0. The van der Waals surface area contributed by atoms with Gasteiger partial charge in [0.05, 0.1) is 5.54 Å². The predicted octanol–water partition coefficient (Wildman–Crippen LogP) is 20.1. The number of hydrogen-bond donors (Lipinski definition) is 0. The number of nitrogens with zero attached hydrogens (tertiary/aromatic N) is 3. The molecule has 5 aliphatic carbocycles. The number of fused-ring (bicyclic) bond motifs is 11. The zero-order chi connectivity index (χ0) is 59.9. The third-order valence-electron chi connectivity index (χ3n) is 24.7. The van der Waals surface area contributed by atoms with Gasteiger partial charge in [-0.2, -0.15) is 0 Å². The zero-order valence-corrected chi connectivity index (χ0v) is 55.2. The fourth-order valence-corrected chi connectivity index (χ4v) is 20.2. The van der Waals surface area contributed by atoms with Gasteiger partial charge in [-0.05, 0) is 246 Å². The predicted molar refractivity (Wildman–Crippen MR) is 365 cm³/mol. The first kappa shape index (κ1) is 55.6. The summed E-state index contributed by atoms with van der Waals surface area (Å²) < 4.78 is 0. The monoisotopic (exact) mass is 1120 g/mol. The second kappa shape index (κ2) is 17.4. The standard InChI is InChI=1S/C81H96BN3/c1-72(2)47-52-39-67-64(44-58(52)77(11,12)48-72)82-65-45-61-62(76(9,10)37-36-75(61,7)8)46-68(65)84(53-27-29-56-59(40-53)74(5,6)35-34-73(56,3)4)70-43-55(42-69(71(70)82)83(67)54-28-30-57-60(41-54)79(15,16)49-78(57,13)14)85-66-31-26-51(50-24-20-19-21-25-50)38-63(66)80(17)32-22-23-33-81(80,85)18/h19-21,24-31,38-46H,22-23,32-37,47-49H2,1-18H3. The molecule has 15 rings (SSSR count). The molecular formula is C81H96BN3. The lowest BCUT2D eigenvalue weighted by atomic mass is 9.32. The van der Waals surface area contributed by atoms with Gasteiger partial charge in [-0.1, -0.05) is 191 Å². The van der Waals surface area contributed by atoms with E-state index < -0.39 is 0 Å². The highest BCUT2D eigenvalue weighted by atomic mass is 15.3. The second-order valence-corrected chi connectivity index (χ2v) is 34.6. The minimum atomic E-state index is -0.173. The summed E-state index contributed by atoms with van der Waals surface area (Å²) in [4.78, 5) is 8.53. The number of anilines is 8. The SMILES string of the molecule is CC1(C)Cc2cc3c(cc2C(C)(C)C1)B1c2cc4c(cc2N(c2ccc5c(c2)C(C)(C)CCC5(C)C)c2cc(N5c6ccc(-c7ccccc7)cc6C6(C)CCCCC56C)cc(c21)N3c1ccc2c(c1)C(C)(C)CC2(C)C)C(C)(C)CCC4(C)C. The first-order valence-electron chi connectivity index (χ1n) is 33.2. The van der Waals surface area contributed by atoms with Crippen LogP contribution in [0.15, 0.2) is 121 Å². The zero-order valence-electron chi connectivity index (χ0n) is 55.2. The van der Waals surface area contributed by atoms with Crippen LogP contribution in [-0.2, 0) is 49.7 Å². The highest BCUT2D eigenvalue weighted by molar-refractivity contribution is 7.00. The minimum Gasteiger partial charge on any atom is -0.334 e. The maximum atomic E-state index is 2.90. The van der Waals surface area contributed by atoms with Gasteiger partial charge < -0.3 is 14.7 Å². The molecule has 7 aromatic rings. The Morgan fingerprint density at radius 2 is 0.835 bits per heavy atom. The van der Waals surface area contributed by atoms with Crippen molar-refractivity contribution in [2.24, 2.45) is 5.41 Å². The quantitative estimate of drug-likeness (QED) is 0.163. The molecule has 8 aliphatic rings. The third kappa shape index (κ3) is 7.82. The first-order chi connectivity index (χ1) is 39.8. The summed E-state index contributed by atoms with van der Waals surface area (Å²) in [7, 11) is 0. The van der Waals surface area contributed by atoms with Crippen LogP contribution in [0, 0.1) is 5.41 Å². The number of benzene rings is 7. The molecule has 85 heavy (non-hydrogen) atoms. The topological polar surface area (TPSA) is 9.72 Å². The maximum Gasteiger partial charge on any atom is 0.252 e. The molecule has 3 aliphatic heterocycles. The summed E-state index contributed by atoms with van der Waals surface area (Å²) in [6, 6.07) is 50.6. The molecule has 0 aromatic heterocycles. The molecule has 0 N–H and O–H groups in total. The van der Waals surface area contributed by atoms with Crippen LogP contribution in [0.4, 0.5) is 45.5 Å². The van der Waals surface area contributed by atoms with Crippen molar-refractivity contribution in [3.8, 4) is 11.1 Å². The van der Waals surface area contributed by atoms with Crippen molar-refractivity contribution in [3.05, 3.63) is 171 Å². The lowest BCUT2D eigenvalue weighted by Crippen LogP contribution is -2.62. The van der Waals surface area contributed by atoms with Gasteiger partial charge in [-0.3, -0.25) is 0 Å². The van der Waals surface area contributed by atoms with Crippen LogP contribution >= 0.6 is 0 Å². The van der Waals surface area contributed by atoms with Crippen molar-refractivity contribution in [2.45, 2.75) is 244 Å². The Labute approximate surface area is 512 Å². The normalized spacial score (nSPS) is 25.5. The average molecular weight is 1120 g/mol. The van der Waals surface area contributed by atoms with Crippen molar-refractivity contribution in [2.75, 3.05) is 14.7 Å². The van der Waals surface area contributed by atoms with E-state index in [1.54, 1.807) is 5.56 Å². The van der Waals surface area contributed by atoms with E-state index in [1.165, 1.54) is 162 Å². The molecule has 4 heteroatoms.